The number of halogens is 1. The van der Waals surface area contributed by atoms with E-state index in [1.165, 1.54) is 14.2 Å². The molecule has 0 spiro atoms. The fourth-order valence-corrected chi connectivity index (χ4v) is 2.41. The van der Waals surface area contributed by atoms with Crippen LogP contribution in [0.5, 0.6) is 11.5 Å². The molecular weight excluding hydrogens is 346 g/mol. The lowest BCUT2D eigenvalue weighted by Crippen LogP contribution is -2.23. The summed E-state index contributed by atoms with van der Waals surface area (Å²) in [7, 11) is 2.94. The van der Waals surface area contributed by atoms with Crippen LogP contribution in [0.15, 0.2) is 36.4 Å². The smallest absolute Gasteiger partial charge is 0.250 e. The van der Waals surface area contributed by atoms with Gasteiger partial charge in [0.05, 0.1) is 37.0 Å². The highest BCUT2D eigenvalue weighted by atomic mass is 35.5. The Morgan fingerprint density at radius 2 is 1.76 bits per heavy atom. The number of ether oxygens (including phenoxy) is 2. The first-order valence-electron chi connectivity index (χ1n) is 7.30. The molecule has 132 valence electrons. The number of para-hydroxylation sites is 1. The van der Waals surface area contributed by atoms with Crippen molar-refractivity contribution in [2.45, 2.75) is 0 Å². The second-order valence-corrected chi connectivity index (χ2v) is 5.41. The summed E-state index contributed by atoms with van der Waals surface area (Å²) in [5.41, 5.74) is 6.51. The molecule has 0 aromatic heterocycles. The number of rotatable bonds is 7. The lowest BCUT2D eigenvalue weighted by atomic mass is 10.1. The van der Waals surface area contributed by atoms with Gasteiger partial charge >= 0.3 is 0 Å². The molecule has 0 saturated heterocycles. The molecule has 0 heterocycles. The Kier molecular flexibility index (Phi) is 6.08. The highest BCUT2D eigenvalue weighted by Gasteiger charge is 2.13. The van der Waals surface area contributed by atoms with Crippen LogP contribution in [-0.4, -0.2) is 32.6 Å². The van der Waals surface area contributed by atoms with Gasteiger partial charge in [-0.1, -0.05) is 23.7 Å². The molecule has 0 unspecified atom stereocenters. The molecule has 0 atom stereocenters. The minimum Gasteiger partial charge on any atom is -0.495 e. The molecule has 2 aromatic rings. The molecule has 0 bridgehead atoms. The number of nitrogens with two attached hydrogens (primary N) is 1. The van der Waals surface area contributed by atoms with Gasteiger partial charge in [0.25, 0.3) is 5.91 Å². The Bertz CT molecular complexity index is 795. The van der Waals surface area contributed by atoms with Gasteiger partial charge in [0.2, 0.25) is 5.91 Å². The van der Waals surface area contributed by atoms with Crippen molar-refractivity contribution < 1.29 is 19.1 Å². The summed E-state index contributed by atoms with van der Waals surface area (Å²) in [6.45, 7) is -0.0710. The summed E-state index contributed by atoms with van der Waals surface area (Å²) in [5.74, 6) is -0.115. The largest absolute Gasteiger partial charge is 0.495 e. The van der Waals surface area contributed by atoms with E-state index in [-0.39, 0.29) is 12.5 Å². The van der Waals surface area contributed by atoms with Crippen LogP contribution in [0.2, 0.25) is 5.02 Å². The van der Waals surface area contributed by atoms with E-state index in [0.717, 1.165) is 0 Å². The first-order valence-corrected chi connectivity index (χ1v) is 7.68. The predicted octanol–water partition coefficient (Wildman–Crippen LogP) is 2.51. The van der Waals surface area contributed by atoms with Crippen molar-refractivity contribution in [3.05, 3.63) is 47.0 Å². The second-order valence-electron chi connectivity index (χ2n) is 5.00. The van der Waals surface area contributed by atoms with Crippen LogP contribution in [0, 0.1) is 0 Å². The molecule has 8 heteroatoms. The Morgan fingerprint density at radius 3 is 2.40 bits per heavy atom. The molecule has 2 aromatic carbocycles. The predicted molar refractivity (Wildman–Crippen MR) is 96.6 cm³/mol. The minimum absolute atomic E-state index is 0.0710. The summed E-state index contributed by atoms with van der Waals surface area (Å²) >= 11 is 6.03. The molecule has 0 aliphatic heterocycles. The molecule has 4 N–H and O–H groups in total. The Balaban J connectivity index is 2.10. The number of hydrogen-bond acceptors (Lipinski definition) is 5. The first kappa shape index (κ1) is 18.4. The maximum absolute atomic E-state index is 12.2. The van der Waals surface area contributed by atoms with Gasteiger partial charge in [-0.2, -0.15) is 0 Å². The van der Waals surface area contributed by atoms with Gasteiger partial charge in [-0.05, 0) is 12.1 Å². The molecule has 0 radical (unpaired) electrons. The average molecular weight is 364 g/mol. The molecular formula is C17H18ClN3O4. The molecule has 7 nitrogen and oxygen atoms in total. The molecule has 25 heavy (non-hydrogen) atoms. The minimum atomic E-state index is -0.576. The van der Waals surface area contributed by atoms with E-state index in [1.54, 1.807) is 36.4 Å². The van der Waals surface area contributed by atoms with Crippen LogP contribution in [-0.2, 0) is 4.79 Å². The zero-order valence-corrected chi connectivity index (χ0v) is 14.5. The number of hydrogen-bond donors (Lipinski definition) is 3. The van der Waals surface area contributed by atoms with Crippen LogP contribution >= 0.6 is 11.6 Å². The van der Waals surface area contributed by atoms with Gasteiger partial charge in [-0.3, -0.25) is 9.59 Å². The lowest BCUT2D eigenvalue weighted by molar-refractivity contribution is -0.114. The number of benzene rings is 2. The van der Waals surface area contributed by atoms with E-state index in [0.29, 0.717) is 33.5 Å². The van der Waals surface area contributed by atoms with Crippen LogP contribution in [0.3, 0.4) is 0 Å². The van der Waals surface area contributed by atoms with E-state index in [1.807, 2.05) is 0 Å². The molecule has 0 saturated carbocycles. The Hall–Kier alpha value is -2.93. The fourth-order valence-electron chi connectivity index (χ4n) is 2.18. The van der Waals surface area contributed by atoms with Gasteiger partial charge in [-0.25, -0.2) is 0 Å². The van der Waals surface area contributed by atoms with Crippen molar-refractivity contribution in [2.75, 3.05) is 31.4 Å². The van der Waals surface area contributed by atoms with E-state index < -0.39 is 5.91 Å². The van der Waals surface area contributed by atoms with Gasteiger partial charge < -0.3 is 25.8 Å². The van der Waals surface area contributed by atoms with E-state index in [9.17, 15) is 9.59 Å². The van der Waals surface area contributed by atoms with Gasteiger partial charge in [0.15, 0.2) is 0 Å². The van der Waals surface area contributed by atoms with Crippen molar-refractivity contribution in [2.24, 2.45) is 5.73 Å². The number of nitrogens with one attached hydrogen (secondary N) is 2. The fraction of sp³-hybridized carbons (Fsp3) is 0.176. The molecule has 0 aliphatic carbocycles. The molecule has 2 amide bonds. The second kappa shape index (κ2) is 8.25. The third-order valence-electron chi connectivity index (χ3n) is 3.38. The monoisotopic (exact) mass is 363 g/mol. The first-order chi connectivity index (χ1) is 12.0. The SMILES string of the molecule is COc1cc(NC(=O)CNc2ccccc2C(N)=O)c(OC)cc1Cl. The number of carbonyl (C=O) groups excluding carboxylic acids is 2. The summed E-state index contributed by atoms with van der Waals surface area (Å²) in [6, 6.07) is 9.78. The van der Waals surface area contributed by atoms with Crippen LogP contribution in [0.25, 0.3) is 0 Å². The van der Waals surface area contributed by atoms with Gasteiger partial charge in [-0.15, -0.1) is 0 Å². The van der Waals surface area contributed by atoms with Gasteiger partial charge in [0, 0.05) is 17.8 Å². The van der Waals surface area contributed by atoms with Gasteiger partial charge in [0.1, 0.15) is 11.5 Å². The number of carbonyl (C=O) groups is 2. The van der Waals surface area contributed by atoms with E-state index in [4.69, 9.17) is 26.8 Å². The van der Waals surface area contributed by atoms with Crippen molar-refractivity contribution in [3.8, 4) is 11.5 Å². The summed E-state index contributed by atoms with van der Waals surface area (Å²) in [6.07, 6.45) is 0. The van der Waals surface area contributed by atoms with E-state index in [2.05, 4.69) is 10.6 Å². The highest BCUT2D eigenvalue weighted by molar-refractivity contribution is 6.32. The van der Waals surface area contributed by atoms with Crippen molar-refractivity contribution in [3.63, 3.8) is 0 Å². The number of methoxy groups -OCH3 is 2. The van der Waals surface area contributed by atoms with E-state index >= 15 is 0 Å². The Labute approximate surface area is 150 Å². The maximum atomic E-state index is 12.2. The highest BCUT2D eigenvalue weighted by Crippen LogP contribution is 2.35. The number of amides is 2. The molecule has 0 aliphatic rings. The zero-order valence-electron chi connectivity index (χ0n) is 13.8. The maximum Gasteiger partial charge on any atom is 0.250 e. The summed E-state index contributed by atoms with van der Waals surface area (Å²) in [4.78, 5) is 23.6. The van der Waals surface area contributed by atoms with Crippen molar-refractivity contribution >= 4 is 34.8 Å². The Morgan fingerprint density at radius 1 is 1.08 bits per heavy atom. The summed E-state index contributed by atoms with van der Waals surface area (Å²) in [5, 5.41) is 5.95. The summed E-state index contributed by atoms with van der Waals surface area (Å²) < 4.78 is 10.3. The molecule has 0 fully saturated rings. The average Bonchev–Trinajstić information content (AvgIpc) is 2.61. The zero-order chi connectivity index (χ0) is 18.4. The van der Waals surface area contributed by atoms with Crippen LogP contribution < -0.4 is 25.8 Å². The topological polar surface area (TPSA) is 103 Å². The lowest BCUT2D eigenvalue weighted by Gasteiger charge is -2.14. The quantitative estimate of drug-likeness (QED) is 0.701. The number of primary amides is 1. The van der Waals surface area contributed by atoms with Crippen molar-refractivity contribution in [1.82, 2.24) is 0 Å². The van der Waals surface area contributed by atoms with Crippen LogP contribution in [0.1, 0.15) is 10.4 Å². The third kappa shape index (κ3) is 4.54. The third-order valence-corrected chi connectivity index (χ3v) is 3.68. The molecule has 2 rings (SSSR count). The van der Waals surface area contributed by atoms with Crippen LogP contribution in [0.4, 0.5) is 11.4 Å². The standard InChI is InChI=1S/C17H18ClN3O4/c1-24-14-8-13(15(25-2)7-11(14)18)21-16(22)9-20-12-6-4-3-5-10(12)17(19)23/h3-8,20H,9H2,1-2H3,(H2,19,23)(H,21,22). The number of anilines is 2. The van der Waals surface area contributed by atoms with Crippen molar-refractivity contribution in [1.29, 1.82) is 0 Å². The normalized spacial score (nSPS) is 10.0.